The van der Waals surface area contributed by atoms with E-state index in [1.807, 2.05) is 0 Å². The Morgan fingerprint density at radius 2 is 1.67 bits per heavy atom. The summed E-state index contributed by atoms with van der Waals surface area (Å²) in [5.74, 6) is 0. The second-order valence-corrected chi connectivity index (χ2v) is 3.16. The van der Waals surface area contributed by atoms with Gasteiger partial charge in [0.05, 0.1) is 11.3 Å². The fraction of sp³-hybridized carbons (Fsp3) is 0.300. The molecule has 1 aromatic carbocycles. The number of aryl methyl sites for hydroxylation is 2. The van der Waals surface area contributed by atoms with Crippen molar-refractivity contribution < 1.29 is 18.0 Å². The fourth-order valence-electron chi connectivity index (χ4n) is 1.34. The topological polar surface area (TPSA) is 29.4 Å². The van der Waals surface area contributed by atoms with Crippen molar-refractivity contribution in [3.8, 4) is 0 Å². The van der Waals surface area contributed by atoms with Gasteiger partial charge in [0.15, 0.2) is 0 Å². The van der Waals surface area contributed by atoms with Crippen LogP contribution in [-0.2, 0) is 11.0 Å². The van der Waals surface area contributed by atoms with Gasteiger partial charge in [-0.15, -0.1) is 0 Å². The molecule has 1 rings (SSSR count). The van der Waals surface area contributed by atoms with Gasteiger partial charge in [-0.05, 0) is 37.1 Å². The van der Waals surface area contributed by atoms with Crippen molar-refractivity contribution >= 4 is 11.8 Å². The lowest BCUT2D eigenvalue weighted by Gasteiger charge is -2.10. The van der Waals surface area contributed by atoms with Crippen molar-refractivity contribution in [1.82, 2.24) is 0 Å². The largest absolute Gasteiger partial charge is 0.416 e. The van der Waals surface area contributed by atoms with Crippen molar-refractivity contribution in [1.29, 1.82) is 0 Å². The normalized spacial score (nSPS) is 11.0. The number of rotatable bonds is 1. The van der Waals surface area contributed by atoms with Gasteiger partial charge < -0.3 is 0 Å². The van der Waals surface area contributed by atoms with Crippen LogP contribution < -0.4 is 0 Å². The summed E-state index contributed by atoms with van der Waals surface area (Å²) in [5.41, 5.74) is 0.136. The second kappa shape index (κ2) is 3.87. The summed E-state index contributed by atoms with van der Waals surface area (Å²) in [5, 5.41) is 0. The third kappa shape index (κ3) is 2.44. The average molecular weight is 215 g/mol. The van der Waals surface area contributed by atoms with Crippen LogP contribution in [0.5, 0.6) is 0 Å². The van der Waals surface area contributed by atoms with Crippen LogP contribution in [-0.4, -0.2) is 6.08 Å². The van der Waals surface area contributed by atoms with E-state index in [9.17, 15) is 18.0 Å². The van der Waals surface area contributed by atoms with Crippen LogP contribution in [0.15, 0.2) is 17.1 Å². The molecule has 0 saturated carbocycles. The molecule has 0 spiro atoms. The molecule has 2 nitrogen and oxygen atoms in total. The van der Waals surface area contributed by atoms with Crippen molar-refractivity contribution in [2.45, 2.75) is 20.0 Å². The molecule has 0 aromatic heterocycles. The van der Waals surface area contributed by atoms with E-state index in [4.69, 9.17) is 0 Å². The van der Waals surface area contributed by atoms with E-state index in [-0.39, 0.29) is 5.69 Å². The Hall–Kier alpha value is -1.61. The summed E-state index contributed by atoms with van der Waals surface area (Å²) in [6.45, 7) is 2.94. The Labute approximate surface area is 84.4 Å². The zero-order valence-corrected chi connectivity index (χ0v) is 8.14. The highest BCUT2D eigenvalue weighted by Gasteiger charge is 2.31. The number of benzene rings is 1. The Kier molecular flexibility index (Phi) is 2.95. The summed E-state index contributed by atoms with van der Waals surface area (Å²) >= 11 is 0. The SMILES string of the molecule is Cc1cc(C(F)(F)F)cc(C)c1N=C=O. The standard InChI is InChI=1S/C10H8F3NO/c1-6-3-8(10(11,12)13)4-7(2)9(6)14-5-15/h3-4H,1-2H3. The third-order valence-corrected chi connectivity index (χ3v) is 1.98. The van der Waals surface area contributed by atoms with Crippen LogP contribution in [0.2, 0.25) is 0 Å². The van der Waals surface area contributed by atoms with Crippen LogP contribution in [0.3, 0.4) is 0 Å². The maximum Gasteiger partial charge on any atom is 0.416 e. The lowest BCUT2D eigenvalue weighted by Crippen LogP contribution is -2.05. The first-order valence-corrected chi connectivity index (χ1v) is 4.12. The molecule has 0 unspecified atom stereocenters. The minimum Gasteiger partial charge on any atom is -0.211 e. The van der Waals surface area contributed by atoms with Crippen molar-refractivity contribution in [2.75, 3.05) is 0 Å². The van der Waals surface area contributed by atoms with Crippen molar-refractivity contribution in [3.05, 3.63) is 28.8 Å². The van der Waals surface area contributed by atoms with E-state index in [0.717, 1.165) is 12.1 Å². The number of halogens is 3. The molecular weight excluding hydrogens is 207 g/mol. The summed E-state index contributed by atoms with van der Waals surface area (Å²) in [7, 11) is 0. The highest BCUT2D eigenvalue weighted by molar-refractivity contribution is 5.59. The molecule has 80 valence electrons. The Morgan fingerprint density at radius 1 is 1.20 bits per heavy atom. The van der Waals surface area contributed by atoms with Gasteiger partial charge in [0, 0.05) is 0 Å². The van der Waals surface area contributed by atoms with Crippen LogP contribution in [0, 0.1) is 13.8 Å². The number of hydrogen-bond acceptors (Lipinski definition) is 2. The molecule has 0 aliphatic carbocycles. The quantitative estimate of drug-likeness (QED) is 0.522. The molecule has 0 fully saturated rings. The lowest BCUT2D eigenvalue weighted by molar-refractivity contribution is -0.137. The average Bonchev–Trinajstić information content (AvgIpc) is 2.09. The number of alkyl halides is 3. The first-order valence-electron chi connectivity index (χ1n) is 4.12. The molecule has 0 aliphatic heterocycles. The van der Waals surface area contributed by atoms with Crippen molar-refractivity contribution in [3.63, 3.8) is 0 Å². The summed E-state index contributed by atoms with van der Waals surface area (Å²) in [4.78, 5) is 13.4. The molecule has 0 N–H and O–H groups in total. The zero-order valence-electron chi connectivity index (χ0n) is 8.14. The summed E-state index contributed by atoms with van der Waals surface area (Å²) < 4.78 is 37.1. The Bertz CT molecular complexity index is 408. The molecule has 15 heavy (non-hydrogen) atoms. The first kappa shape index (κ1) is 11.5. The van der Waals surface area contributed by atoms with Gasteiger partial charge in [-0.2, -0.15) is 18.2 Å². The molecule has 0 bridgehead atoms. The zero-order chi connectivity index (χ0) is 11.6. The van der Waals surface area contributed by atoms with Crippen LogP contribution in [0.4, 0.5) is 18.9 Å². The molecule has 0 heterocycles. The van der Waals surface area contributed by atoms with Gasteiger partial charge >= 0.3 is 6.18 Å². The maximum atomic E-state index is 12.4. The van der Waals surface area contributed by atoms with Gasteiger partial charge in [-0.3, -0.25) is 0 Å². The third-order valence-electron chi connectivity index (χ3n) is 1.98. The number of hydrogen-bond donors (Lipinski definition) is 0. The molecule has 0 aliphatic rings. The fourth-order valence-corrected chi connectivity index (χ4v) is 1.34. The predicted octanol–water partition coefficient (Wildman–Crippen LogP) is 3.29. The number of carbonyl (C=O) groups excluding carboxylic acids is 1. The van der Waals surface area contributed by atoms with E-state index >= 15 is 0 Å². The van der Waals surface area contributed by atoms with Crippen molar-refractivity contribution in [2.24, 2.45) is 4.99 Å². The molecule has 1 aromatic rings. The lowest BCUT2D eigenvalue weighted by atomic mass is 10.0. The monoisotopic (exact) mass is 215 g/mol. The van der Waals surface area contributed by atoms with Gasteiger partial charge in [-0.1, -0.05) is 0 Å². The smallest absolute Gasteiger partial charge is 0.211 e. The van der Waals surface area contributed by atoms with Gasteiger partial charge in [-0.25, -0.2) is 4.79 Å². The molecule has 0 atom stereocenters. The number of aliphatic imine (C=N–C) groups is 1. The second-order valence-electron chi connectivity index (χ2n) is 3.16. The van der Waals surface area contributed by atoms with E-state index in [2.05, 4.69) is 4.99 Å². The maximum absolute atomic E-state index is 12.4. The van der Waals surface area contributed by atoms with Crippen LogP contribution in [0.1, 0.15) is 16.7 Å². The molecular formula is C10H8F3NO. The molecule has 0 radical (unpaired) electrons. The van der Waals surface area contributed by atoms with Gasteiger partial charge in [0.25, 0.3) is 0 Å². The summed E-state index contributed by atoms with van der Waals surface area (Å²) in [6, 6.07) is 1.92. The van der Waals surface area contributed by atoms with Gasteiger partial charge in [0.2, 0.25) is 6.08 Å². The number of isocyanates is 1. The molecule has 0 saturated heterocycles. The summed E-state index contributed by atoms with van der Waals surface area (Å²) in [6.07, 6.45) is -3.06. The van der Waals surface area contributed by atoms with Crippen LogP contribution >= 0.6 is 0 Å². The highest BCUT2D eigenvalue weighted by Crippen LogP contribution is 2.34. The highest BCUT2D eigenvalue weighted by atomic mass is 19.4. The van der Waals surface area contributed by atoms with E-state index in [1.165, 1.54) is 19.9 Å². The minimum absolute atomic E-state index is 0.248. The first-order chi connectivity index (χ1) is 6.86. The van der Waals surface area contributed by atoms with Crippen LogP contribution in [0.25, 0.3) is 0 Å². The Morgan fingerprint density at radius 3 is 2.00 bits per heavy atom. The number of nitrogens with zero attached hydrogens (tertiary/aromatic N) is 1. The molecule has 5 heteroatoms. The van der Waals surface area contributed by atoms with E-state index in [1.54, 1.807) is 0 Å². The minimum atomic E-state index is -4.38. The van der Waals surface area contributed by atoms with Gasteiger partial charge in [0.1, 0.15) is 0 Å². The van der Waals surface area contributed by atoms with E-state index < -0.39 is 11.7 Å². The Balaban J connectivity index is 3.38. The molecule has 0 amide bonds. The van der Waals surface area contributed by atoms with E-state index in [0.29, 0.717) is 11.1 Å². The predicted molar refractivity (Wildman–Crippen MR) is 48.7 cm³/mol.